The molecule has 2 aliphatic rings. The number of nitrogens with one attached hydrogen (secondary N) is 2. The van der Waals surface area contributed by atoms with Crippen LogP contribution in [-0.2, 0) is 27.6 Å². The number of benzene rings is 2. The van der Waals surface area contributed by atoms with Crippen molar-refractivity contribution in [2.75, 3.05) is 25.0 Å². The Balaban J connectivity index is 1.54. The molecule has 1 fully saturated rings. The standard InChI is InChI=1S/C27H35N3O5S/c1-4-35-27(32)30-16-15-23(19(3)17-30)29-36(33,34)25-14-13-24(21-11-7-8-12-22(21)25)28-26(31)20-10-6-5-9-18(20)2/h5-6,9-10,13-14,19,23,29H,4,7-8,11-12,15-17H2,1-3H3,(H,28,31)/t19-,23+/m1/s1. The average molecular weight is 514 g/mol. The zero-order chi connectivity index (χ0) is 25.9. The van der Waals surface area contributed by atoms with Crippen molar-refractivity contribution in [2.45, 2.75) is 63.8 Å². The molecular weight excluding hydrogens is 478 g/mol. The fourth-order valence-electron chi connectivity index (χ4n) is 5.18. The molecule has 2 atom stereocenters. The molecule has 1 heterocycles. The van der Waals surface area contributed by atoms with Gasteiger partial charge in [-0.25, -0.2) is 17.9 Å². The first kappa shape index (κ1) is 26.2. The minimum Gasteiger partial charge on any atom is -0.450 e. The van der Waals surface area contributed by atoms with Crippen molar-refractivity contribution in [1.82, 2.24) is 9.62 Å². The number of piperidine rings is 1. The minimum absolute atomic E-state index is 0.0542. The van der Waals surface area contributed by atoms with E-state index in [0.29, 0.717) is 43.8 Å². The summed E-state index contributed by atoms with van der Waals surface area (Å²) in [4.78, 5) is 26.9. The van der Waals surface area contributed by atoms with Crippen LogP contribution < -0.4 is 10.0 Å². The van der Waals surface area contributed by atoms with Crippen molar-refractivity contribution < 1.29 is 22.7 Å². The molecule has 2 N–H and O–H groups in total. The SMILES string of the molecule is CCOC(=O)N1CC[C@H](NS(=O)(=O)c2ccc(NC(=O)c3ccccc3C)c3c2CCCC3)[C@H](C)C1. The number of anilines is 1. The first-order valence-corrected chi connectivity index (χ1v) is 14.1. The summed E-state index contributed by atoms with van der Waals surface area (Å²) in [6.07, 6.45) is 3.38. The lowest BCUT2D eigenvalue weighted by atomic mass is 9.90. The summed E-state index contributed by atoms with van der Waals surface area (Å²) in [7, 11) is -3.78. The van der Waals surface area contributed by atoms with Gasteiger partial charge in [-0.3, -0.25) is 4.79 Å². The van der Waals surface area contributed by atoms with Crippen LogP contribution in [0.5, 0.6) is 0 Å². The highest BCUT2D eigenvalue weighted by atomic mass is 32.2. The van der Waals surface area contributed by atoms with Crippen molar-refractivity contribution in [1.29, 1.82) is 0 Å². The van der Waals surface area contributed by atoms with Crippen molar-refractivity contribution in [2.24, 2.45) is 5.92 Å². The van der Waals surface area contributed by atoms with Gasteiger partial charge in [-0.15, -0.1) is 0 Å². The number of nitrogens with zero attached hydrogens (tertiary/aromatic N) is 1. The molecule has 4 rings (SSSR count). The predicted molar refractivity (Wildman–Crippen MR) is 139 cm³/mol. The molecule has 0 bridgehead atoms. The molecule has 0 aromatic heterocycles. The molecule has 1 aliphatic heterocycles. The monoisotopic (exact) mass is 513 g/mol. The van der Waals surface area contributed by atoms with Crippen LogP contribution >= 0.6 is 0 Å². The molecule has 2 aromatic carbocycles. The third-order valence-electron chi connectivity index (χ3n) is 7.16. The van der Waals surface area contributed by atoms with Gasteiger partial charge in [0.2, 0.25) is 10.0 Å². The summed E-state index contributed by atoms with van der Waals surface area (Å²) in [5, 5.41) is 3.02. The highest BCUT2D eigenvalue weighted by Crippen LogP contribution is 2.34. The number of carbonyl (C=O) groups excluding carboxylic acids is 2. The van der Waals surface area contributed by atoms with E-state index < -0.39 is 10.0 Å². The van der Waals surface area contributed by atoms with Crippen LogP contribution in [0, 0.1) is 12.8 Å². The number of amides is 2. The van der Waals surface area contributed by atoms with E-state index in [-0.39, 0.29) is 28.9 Å². The van der Waals surface area contributed by atoms with Crippen LogP contribution in [0.4, 0.5) is 10.5 Å². The van der Waals surface area contributed by atoms with E-state index in [4.69, 9.17) is 4.74 Å². The number of carbonyl (C=O) groups is 2. The van der Waals surface area contributed by atoms with E-state index in [9.17, 15) is 18.0 Å². The molecule has 2 aromatic rings. The number of ether oxygens (including phenoxy) is 1. The Hall–Kier alpha value is -2.91. The zero-order valence-corrected chi connectivity index (χ0v) is 22.0. The van der Waals surface area contributed by atoms with Crippen LogP contribution in [0.25, 0.3) is 0 Å². The normalized spacial score (nSPS) is 19.9. The summed E-state index contributed by atoms with van der Waals surface area (Å²) in [5.74, 6) is -0.252. The van der Waals surface area contributed by atoms with Crippen LogP contribution in [0.1, 0.15) is 60.2 Å². The number of aryl methyl sites for hydroxylation is 1. The van der Waals surface area contributed by atoms with E-state index in [2.05, 4.69) is 10.0 Å². The van der Waals surface area contributed by atoms with Gasteiger partial charge in [-0.2, -0.15) is 0 Å². The molecule has 0 unspecified atom stereocenters. The molecule has 1 aliphatic carbocycles. The van der Waals surface area contributed by atoms with E-state index in [0.717, 1.165) is 36.0 Å². The molecular formula is C27H35N3O5S. The van der Waals surface area contributed by atoms with E-state index in [1.165, 1.54) is 0 Å². The summed E-state index contributed by atoms with van der Waals surface area (Å²) >= 11 is 0. The zero-order valence-electron chi connectivity index (χ0n) is 21.2. The Labute approximate surface area is 213 Å². The smallest absolute Gasteiger partial charge is 0.409 e. The number of sulfonamides is 1. The molecule has 9 heteroatoms. The van der Waals surface area contributed by atoms with Gasteiger partial charge in [-0.05, 0) is 86.8 Å². The molecule has 36 heavy (non-hydrogen) atoms. The van der Waals surface area contributed by atoms with Crippen molar-refractivity contribution in [3.05, 3.63) is 58.7 Å². The minimum atomic E-state index is -3.78. The second kappa shape index (κ2) is 11.0. The second-order valence-corrected chi connectivity index (χ2v) is 11.4. The molecule has 0 saturated carbocycles. The molecule has 1 saturated heterocycles. The van der Waals surface area contributed by atoms with Gasteiger partial charge in [0.1, 0.15) is 0 Å². The van der Waals surface area contributed by atoms with Gasteiger partial charge in [0.25, 0.3) is 5.91 Å². The highest BCUT2D eigenvalue weighted by molar-refractivity contribution is 7.89. The Morgan fingerprint density at radius 3 is 2.50 bits per heavy atom. The number of hydrogen-bond acceptors (Lipinski definition) is 5. The van der Waals surface area contributed by atoms with Crippen molar-refractivity contribution in [3.8, 4) is 0 Å². The number of fused-ring (bicyclic) bond motifs is 1. The Kier molecular flexibility index (Phi) is 8.00. The van der Waals surface area contributed by atoms with Gasteiger partial charge in [0.05, 0.1) is 11.5 Å². The van der Waals surface area contributed by atoms with Gasteiger partial charge in [-0.1, -0.05) is 25.1 Å². The maximum Gasteiger partial charge on any atom is 0.409 e. The highest BCUT2D eigenvalue weighted by Gasteiger charge is 2.34. The number of hydrogen-bond donors (Lipinski definition) is 2. The Morgan fingerprint density at radius 1 is 1.08 bits per heavy atom. The maximum absolute atomic E-state index is 13.5. The van der Waals surface area contributed by atoms with Crippen LogP contribution in [0.3, 0.4) is 0 Å². The molecule has 8 nitrogen and oxygen atoms in total. The summed E-state index contributed by atoms with van der Waals surface area (Å²) < 4.78 is 35.1. The third-order valence-corrected chi connectivity index (χ3v) is 8.73. The largest absolute Gasteiger partial charge is 0.450 e. The first-order chi connectivity index (χ1) is 17.2. The number of likely N-dealkylation sites (tertiary alicyclic amines) is 1. The molecule has 2 amide bonds. The summed E-state index contributed by atoms with van der Waals surface area (Å²) in [6.45, 7) is 6.79. The lowest BCUT2D eigenvalue weighted by molar-refractivity contribution is 0.0846. The average Bonchev–Trinajstić information content (AvgIpc) is 2.85. The van der Waals surface area contributed by atoms with Gasteiger partial charge >= 0.3 is 6.09 Å². The fraction of sp³-hybridized carbons (Fsp3) is 0.481. The lowest BCUT2D eigenvalue weighted by Gasteiger charge is -2.36. The van der Waals surface area contributed by atoms with Crippen LogP contribution in [0.15, 0.2) is 41.3 Å². The molecule has 194 valence electrons. The topological polar surface area (TPSA) is 105 Å². The quantitative estimate of drug-likeness (QED) is 0.600. The van der Waals surface area contributed by atoms with Crippen molar-refractivity contribution in [3.63, 3.8) is 0 Å². The van der Waals surface area contributed by atoms with Crippen LogP contribution in [0.2, 0.25) is 0 Å². The van der Waals surface area contributed by atoms with Gasteiger partial charge < -0.3 is 15.0 Å². The Bertz CT molecular complexity index is 1240. The van der Waals surface area contributed by atoms with E-state index in [1.54, 1.807) is 30.0 Å². The van der Waals surface area contributed by atoms with Gasteiger partial charge in [0.15, 0.2) is 0 Å². The van der Waals surface area contributed by atoms with E-state index >= 15 is 0 Å². The van der Waals surface area contributed by atoms with Crippen LogP contribution in [-0.4, -0.2) is 51.1 Å². The summed E-state index contributed by atoms with van der Waals surface area (Å²) in [5.41, 5.74) is 3.84. The second-order valence-electron chi connectivity index (χ2n) is 9.68. The third kappa shape index (κ3) is 5.57. The summed E-state index contributed by atoms with van der Waals surface area (Å²) in [6, 6.07) is 10.4. The Morgan fingerprint density at radius 2 is 1.81 bits per heavy atom. The molecule has 0 radical (unpaired) electrons. The van der Waals surface area contributed by atoms with Crippen molar-refractivity contribution >= 4 is 27.7 Å². The van der Waals surface area contributed by atoms with Gasteiger partial charge in [0, 0.05) is 30.4 Å². The number of rotatable bonds is 6. The molecule has 0 spiro atoms. The lowest BCUT2D eigenvalue weighted by Crippen LogP contribution is -2.51. The van der Waals surface area contributed by atoms with E-state index in [1.807, 2.05) is 32.0 Å². The predicted octanol–water partition coefficient (Wildman–Crippen LogP) is 4.27. The fourth-order valence-corrected chi connectivity index (χ4v) is 6.86. The first-order valence-electron chi connectivity index (χ1n) is 12.7. The maximum atomic E-state index is 13.5.